The van der Waals surface area contributed by atoms with Crippen molar-refractivity contribution in [3.8, 4) is 0 Å². The zero-order chi connectivity index (χ0) is 9.61. The van der Waals surface area contributed by atoms with Gasteiger partial charge in [0.15, 0.2) is 0 Å². The van der Waals surface area contributed by atoms with Gasteiger partial charge in [0.05, 0.1) is 0 Å². The highest BCUT2D eigenvalue weighted by atomic mass is 35.5. The molecule has 0 radical (unpaired) electrons. The molecule has 0 aliphatic rings. The molecule has 0 bridgehead atoms. The Morgan fingerprint density at radius 2 is 1.75 bits per heavy atom. The Balaban J connectivity index is 3.38. The van der Waals surface area contributed by atoms with Gasteiger partial charge in [0.25, 0.3) is 0 Å². The molecule has 0 saturated carbocycles. The van der Waals surface area contributed by atoms with E-state index < -0.39 is 11.6 Å². The molecule has 0 N–H and O–H groups in total. The third-order valence-corrected chi connectivity index (χ3v) is 2.13. The maximum absolute atomic E-state index is 11.8. The maximum Gasteiger partial charge on any atom is 0.404 e. The van der Waals surface area contributed by atoms with E-state index in [1.165, 1.54) is 0 Å². The number of hydrogen-bond donors (Lipinski definition) is 0. The van der Waals surface area contributed by atoms with Crippen molar-refractivity contribution in [2.24, 2.45) is 0 Å². The summed E-state index contributed by atoms with van der Waals surface area (Å²) in [5, 5.41) is -1.66. The Kier molecular flexibility index (Phi) is 5.72. The predicted molar refractivity (Wildman–Crippen MR) is 44.5 cm³/mol. The summed E-state index contributed by atoms with van der Waals surface area (Å²) in [5.41, 5.74) is 0. The molecule has 74 valence electrons. The van der Waals surface area contributed by atoms with Crippen molar-refractivity contribution in [3.05, 3.63) is 0 Å². The Bertz CT molecular complexity index is 111. The highest BCUT2D eigenvalue weighted by Crippen LogP contribution is 2.28. The molecule has 0 spiro atoms. The third kappa shape index (κ3) is 5.70. The van der Waals surface area contributed by atoms with Crippen molar-refractivity contribution in [1.82, 2.24) is 0 Å². The molecule has 0 aliphatic heterocycles. The van der Waals surface area contributed by atoms with E-state index >= 15 is 0 Å². The first kappa shape index (κ1) is 12.1. The first-order valence-corrected chi connectivity index (χ1v) is 4.63. The number of alkyl halides is 4. The highest BCUT2D eigenvalue weighted by Gasteiger charge is 2.37. The first-order chi connectivity index (χ1) is 5.48. The van der Waals surface area contributed by atoms with Crippen LogP contribution < -0.4 is 0 Å². The van der Waals surface area contributed by atoms with Crippen LogP contribution in [0.1, 0.15) is 39.0 Å². The summed E-state index contributed by atoms with van der Waals surface area (Å²) >= 11 is 5.11. The van der Waals surface area contributed by atoms with Crippen LogP contribution in [-0.4, -0.2) is 11.6 Å². The second-order valence-electron chi connectivity index (χ2n) is 2.86. The van der Waals surface area contributed by atoms with Gasteiger partial charge >= 0.3 is 6.18 Å². The van der Waals surface area contributed by atoms with Crippen LogP contribution in [0.3, 0.4) is 0 Å². The molecule has 0 amide bonds. The molecule has 0 heterocycles. The van der Waals surface area contributed by atoms with Crippen LogP contribution in [-0.2, 0) is 0 Å². The Morgan fingerprint density at radius 1 is 1.17 bits per heavy atom. The summed E-state index contributed by atoms with van der Waals surface area (Å²) in [6.07, 6.45) is -0.753. The summed E-state index contributed by atoms with van der Waals surface area (Å²) in [6.45, 7) is 2.02. The Morgan fingerprint density at radius 3 is 2.17 bits per heavy atom. The molecule has 0 aromatic heterocycles. The van der Waals surface area contributed by atoms with Crippen molar-refractivity contribution >= 4 is 11.6 Å². The van der Waals surface area contributed by atoms with Crippen molar-refractivity contribution in [1.29, 1.82) is 0 Å². The zero-order valence-electron chi connectivity index (χ0n) is 7.12. The number of unbranched alkanes of at least 4 members (excludes halogenated alkanes) is 3. The lowest BCUT2D eigenvalue weighted by molar-refractivity contribution is -0.131. The van der Waals surface area contributed by atoms with E-state index in [0.717, 1.165) is 19.3 Å². The summed E-state index contributed by atoms with van der Waals surface area (Å²) in [6, 6.07) is 0. The van der Waals surface area contributed by atoms with Gasteiger partial charge in [-0.3, -0.25) is 0 Å². The fraction of sp³-hybridized carbons (Fsp3) is 1.00. The fourth-order valence-corrected chi connectivity index (χ4v) is 1.07. The van der Waals surface area contributed by atoms with Crippen LogP contribution in [0.4, 0.5) is 13.2 Å². The quantitative estimate of drug-likeness (QED) is 0.465. The number of rotatable bonds is 5. The van der Waals surface area contributed by atoms with Gasteiger partial charge in [-0.15, -0.1) is 11.6 Å². The van der Waals surface area contributed by atoms with Gasteiger partial charge in [-0.25, -0.2) is 0 Å². The molecule has 0 aliphatic carbocycles. The summed E-state index contributed by atoms with van der Waals surface area (Å²) in [5.74, 6) is 0. The molecule has 0 aromatic carbocycles. The van der Waals surface area contributed by atoms with Crippen LogP contribution in [0.15, 0.2) is 0 Å². The van der Waals surface area contributed by atoms with Crippen LogP contribution in [0.25, 0.3) is 0 Å². The normalized spacial score (nSPS) is 14.8. The minimum Gasteiger partial charge on any atom is -0.169 e. The molecular weight excluding hydrogens is 189 g/mol. The standard InChI is InChI=1S/C8H14ClF3/c1-2-3-4-5-6-7(9)8(10,11)12/h7H,2-6H2,1H3. The van der Waals surface area contributed by atoms with Crippen molar-refractivity contribution in [2.45, 2.75) is 50.6 Å². The van der Waals surface area contributed by atoms with E-state index in [1.807, 2.05) is 6.92 Å². The van der Waals surface area contributed by atoms with Crippen LogP contribution in [0.5, 0.6) is 0 Å². The van der Waals surface area contributed by atoms with Gasteiger partial charge in [0.2, 0.25) is 0 Å². The number of halogens is 4. The van der Waals surface area contributed by atoms with Gasteiger partial charge in [0.1, 0.15) is 5.38 Å². The van der Waals surface area contributed by atoms with Crippen LogP contribution in [0, 0.1) is 0 Å². The molecule has 4 heteroatoms. The number of hydrogen-bond acceptors (Lipinski definition) is 0. The third-order valence-electron chi connectivity index (χ3n) is 1.67. The van der Waals surface area contributed by atoms with E-state index in [1.54, 1.807) is 0 Å². The fourth-order valence-electron chi connectivity index (χ4n) is 0.914. The lowest BCUT2D eigenvalue weighted by atomic mass is 10.1. The molecule has 0 fully saturated rings. The van der Waals surface area contributed by atoms with E-state index in [0.29, 0.717) is 6.42 Å². The topological polar surface area (TPSA) is 0 Å². The van der Waals surface area contributed by atoms with E-state index in [9.17, 15) is 13.2 Å². The SMILES string of the molecule is CCCCCCC(Cl)C(F)(F)F. The van der Waals surface area contributed by atoms with E-state index in [2.05, 4.69) is 0 Å². The van der Waals surface area contributed by atoms with Crippen LogP contribution in [0.2, 0.25) is 0 Å². The average molecular weight is 203 g/mol. The second kappa shape index (κ2) is 5.68. The van der Waals surface area contributed by atoms with E-state index in [-0.39, 0.29) is 6.42 Å². The lowest BCUT2D eigenvalue weighted by Gasteiger charge is -2.12. The molecule has 0 nitrogen and oxygen atoms in total. The minimum absolute atomic E-state index is 0.0467. The van der Waals surface area contributed by atoms with Gasteiger partial charge in [-0.05, 0) is 6.42 Å². The summed E-state index contributed by atoms with van der Waals surface area (Å²) < 4.78 is 35.5. The van der Waals surface area contributed by atoms with Gasteiger partial charge in [-0.1, -0.05) is 32.6 Å². The second-order valence-corrected chi connectivity index (χ2v) is 3.39. The molecule has 12 heavy (non-hydrogen) atoms. The van der Waals surface area contributed by atoms with Gasteiger partial charge in [-0.2, -0.15) is 13.2 Å². The Labute approximate surface area is 76.1 Å². The maximum atomic E-state index is 11.8. The lowest BCUT2D eigenvalue weighted by Crippen LogP contribution is -2.22. The smallest absolute Gasteiger partial charge is 0.169 e. The summed E-state index contributed by atoms with van der Waals surface area (Å²) in [7, 11) is 0. The average Bonchev–Trinajstić information content (AvgIpc) is 1.96. The highest BCUT2D eigenvalue weighted by molar-refractivity contribution is 6.21. The van der Waals surface area contributed by atoms with Crippen LogP contribution >= 0.6 is 11.6 Å². The molecular formula is C8H14ClF3. The van der Waals surface area contributed by atoms with Crippen molar-refractivity contribution in [3.63, 3.8) is 0 Å². The predicted octanol–water partition coefficient (Wildman–Crippen LogP) is 4.13. The summed E-state index contributed by atoms with van der Waals surface area (Å²) in [4.78, 5) is 0. The molecule has 0 rings (SSSR count). The molecule has 0 aromatic rings. The Hall–Kier alpha value is 0.0800. The largest absolute Gasteiger partial charge is 0.404 e. The van der Waals surface area contributed by atoms with Gasteiger partial charge in [0, 0.05) is 0 Å². The minimum atomic E-state index is -4.23. The molecule has 1 unspecified atom stereocenters. The monoisotopic (exact) mass is 202 g/mol. The van der Waals surface area contributed by atoms with E-state index in [4.69, 9.17) is 11.6 Å². The molecule has 1 atom stereocenters. The van der Waals surface area contributed by atoms with Crippen molar-refractivity contribution < 1.29 is 13.2 Å². The zero-order valence-corrected chi connectivity index (χ0v) is 7.88. The first-order valence-electron chi connectivity index (χ1n) is 4.19. The van der Waals surface area contributed by atoms with Gasteiger partial charge < -0.3 is 0 Å². The van der Waals surface area contributed by atoms with Crippen molar-refractivity contribution in [2.75, 3.05) is 0 Å². The molecule has 0 saturated heterocycles.